The SMILES string of the molecule is O=C(Cc1csc(NC(=O)c2ccc3c(c2)OCO3)n1)NCCc1cccs1. The van der Waals surface area contributed by atoms with E-state index in [1.807, 2.05) is 17.5 Å². The zero-order valence-corrected chi connectivity index (χ0v) is 16.4. The number of rotatable bonds is 7. The van der Waals surface area contributed by atoms with Gasteiger partial charge in [0, 0.05) is 22.4 Å². The summed E-state index contributed by atoms with van der Waals surface area (Å²) in [6.45, 7) is 0.753. The molecule has 0 saturated heterocycles. The molecule has 0 fully saturated rings. The number of hydrogen-bond donors (Lipinski definition) is 2. The molecule has 2 amide bonds. The van der Waals surface area contributed by atoms with Gasteiger partial charge in [-0.15, -0.1) is 22.7 Å². The molecule has 0 spiro atoms. The van der Waals surface area contributed by atoms with Crippen LogP contribution in [0, 0.1) is 0 Å². The first-order valence-corrected chi connectivity index (χ1v) is 10.4. The average molecular weight is 415 g/mol. The van der Waals surface area contributed by atoms with Crippen LogP contribution < -0.4 is 20.1 Å². The van der Waals surface area contributed by atoms with E-state index >= 15 is 0 Å². The molecule has 2 aromatic heterocycles. The monoisotopic (exact) mass is 415 g/mol. The lowest BCUT2D eigenvalue weighted by molar-refractivity contribution is -0.120. The molecule has 3 aromatic rings. The summed E-state index contributed by atoms with van der Waals surface area (Å²) in [5, 5.41) is 9.87. The lowest BCUT2D eigenvalue weighted by Crippen LogP contribution is -2.27. The van der Waals surface area contributed by atoms with Gasteiger partial charge in [0.15, 0.2) is 16.6 Å². The highest BCUT2D eigenvalue weighted by molar-refractivity contribution is 7.14. The number of nitrogens with zero attached hydrogens (tertiary/aromatic N) is 1. The predicted octanol–water partition coefficient (Wildman–Crippen LogP) is 3.09. The van der Waals surface area contributed by atoms with E-state index in [2.05, 4.69) is 15.6 Å². The molecule has 28 heavy (non-hydrogen) atoms. The van der Waals surface area contributed by atoms with Crippen LogP contribution in [0.3, 0.4) is 0 Å². The number of carbonyl (C=O) groups is 2. The quantitative estimate of drug-likeness (QED) is 0.619. The van der Waals surface area contributed by atoms with E-state index in [4.69, 9.17) is 9.47 Å². The van der Waals surface area contributed by atoms with Crippen LogP contribution in [-0.4, -0.2) is 30.1 Å². The summed E-state index contributed by atoms with van der Waals surface area (Å²) in [6.07, 6.45) is 0.998. The van der Waals surface area contributed by atoms with Gasteiger partial charge in [0.25, 0.3) is 5.91 Å². The van der Waals surface area contributed by atoms with Crippen LogP contribution in [0.5, 0.6) is 11.5 Å². The van der Waals surface area contributed by atoms with Crippen LogP contribution in [0.4, 0.5) is 5.13 Å². The number of thiophene rings is 1. The number of anilines is 1. The third kappa shape index (κ3) is 4.49. The topological polar surface area (TPSA) is 89.6 Å². The van der Waals surface area contributed by atoms with Gasteiger partial charge in [0.05, 0.1) is 12.1 Å². The second-order valence-electron chi connectivity index (χ2n) is 6.02. The molecule has 9 heteroatoms. The molecule has 4 rings (SSSR count). The van der Waals surface area contributed by atoms with Gasteiger partial charge in [0.1, 0.15) is 0 Å². The summed E-state index contributed by atoms with van der Waals surface area (Å²) in [7, 11) is 0. The largest absolute Gasteiger partial charge is 0.454 e. The number of fused-ring (bicyclic) bond motifs is 1. The maximum atomic E-state index is 12.4. The molecule has 144 valence electrons. The molecular formula is C19H17N3O4S2. The summed E-state index contributed by atoms with van der Waals surface area (Å²) < 4.78 is 10.5. The molecule has 1 aliphatic rings. The van der Waals surface area contributed by atoms with Gasteiger partial charge in [-0.05, 0) is 36.1 Å². The minimum Gasteiger partial charge on any atom is -0.454 e. The molecule has 7 nitrogen and oxygen atoms in total. The van der Waals surface area contributed by atoms with Crippen molar-refractivity contribution in [3.05, 3.63) is 57.2 Å². The number of thiazole rings is 1. The van der Waals surface area contributed by atoms with Crippen LogP contribution in [0.25, 0.3) is 0 Å². The Morgan fingerprint density at radius 2 is 2.04 bits per heavy atom. The van der Waals surface area contributed by atoms with Crippen LogP contribution in [0.1, 0.15) is 20.9 Å². The molecular weight excluding hydrogens is 398 g/mol. The normalized spacial score (nSPS) is 12.0. The first-order valence-electron chi connectivity index (χ1n) is 8.62. The summed E-state index contributed by atoms with van der Waals surface area (Å²) in [4.78, 5) is 30.0. The number of ether oxygens (including phenoxy) is 2. The standard InChI is InChI=1S/C19H17N3O4S2/c23-17(20-6-5-14-2-1-7-27-14)9-13-10-28-19(21-13)22-18(24)12-3-4-15-16(8-12)26-11-25-15/h1-4,7-8,10H,5-6,9,11H2,(H,20,23)(H,21,22,24). The lowest BCUT2D eigenvalue weighted by Gasteiger charge is -2.03. The van der Waals surface area contributed by atoms with E-state index in [0.717, 1.165) is 6.42 Å². The Morgan fingerprint density at radius 3 is 2.89 bits per heavy atom. The Balaban J connectivity index is 1.27. The number of amides is 2. The first-order chi connectivity index (χ1) is 13.7. The molecule has 0 radical (unpaired) electrons. The fourth-order valence-electron chi connectivity index (χ4n) is 2.66. The van der Waals surface area contributed by atoms with Crippen molar-refractivity contribution in [2.75, 3.05) is 18.7 Å². The average Bonchev–Trinajstić information content (AvgIpc) is 3.43. The summed E-state index contributed by atoms with van der Waals surface area (Å²) in [5.41, 5.74) is 1.08. The Hall–Kier alpha value is -2.91. The first kappa shape index (κ1) is 18.5. The second kappa shape index (κ2) is 8.41. The van der Waals surface area contributed by atoms with E-state index in [0.29, 0.717) is 34.4 Å². The van der Waals surface area contributed by atoms with Gasteiger partial charge in [0.2, 0.25) is 12.7 Å². The summed E-state index contributed by atoms with van der Waals surface area (Å²) >= 11 is 2.96. The van der Waals surface area contributed by atoms with Crippen molar-refractivity contribution in [1.82, 2.24) is 10.3 Å². The second-order valence-corrected chi connectivity index (χ2v) is 7.91. The van der Waals surface area contributed by atoms with Crippen LogP contribution in [0.2, 0.25) is 0 Å². The smallest absolute Gasteiger partial charge is 0.257 e. The van der Waals surface area contributed by atoms with Gasteiger partial charge >= 0.3 is 0 Å². The van der Waals surface area contributed by atoms with E-state index in [9.17, 15) is 9.59 Å². The van der Waals surface area contributed by atoms with Crippen molar-refractivity contribution in [2.24, 2.45) is 0 Å². The maximum absolute atomic E-state index is 12.4. The molecule has 0 aliphatic carbocycles. The molecule has 0 bridgehead atoms. The number of aromatic nitrogens is 1. The minimum atomic E-state index is -0.292. The van der Waals surface area contributed by atoms with Crippen molar-refractivity contribution >= 4 is 39.6 Å². The van der Waals surface area contributed by atoms with Crippen molar-refractivity contribution in [3.63, 3.8) is 0 Å². The third-order valence-corrected chi connectivity index (χ3v) is 5.77. The number of nitrogens with one attached hydrogen (secondary N) is 2. The highest BCUT2D eigenvalue weighted by Gasteiger charge is 2.17. The molecule has 0 saturated carbocycles. The van der Waals surface area contributed by atoms with Crippen LogP contribution >= 0.6 is 22.7 Å². The molecule has 0 unspecified atom stereocenters. The summed E-state index contributed by atoms with van der Waals surface area (Å²) in [6, 6.07) is 9.04. The highest BCUT2D eigenvalue weighted by atomic mass is 32.1. The van der Waals surface area contributed by atoms with Crippen molar-refractivity contribution in [2.45, 2.75) is 12.8 Å². The van der Waals surface area contributed by atoms with E-state index in [1.54, 1.807) is 34.9 Å². The highest BCUT2D eigenvalue weighted by Crippen LogP contribution is 2.32. The Morgan fingerprint density at radius 1 is 1.14 bits per heavy atom. The summed E-state index contributed by atoms with van der Waals surface area (Å²) in [5.74, 6) is 0.792. The Bertz CT molecular complexity index is 985. The zero-order valence-electron chi connectivity index (χ0n) is 14.8. The molecule has 1 aliphatic heterocycles. The minimum absolute atomic E-state index is 0.0875. The molecule has 2 N–H and O–H groups in total. The molecule has 1 aromatic carbocycles. The van der Waals surface area contributed by atoms with Crippen molar-refractivity contribution in [1.29, 1.82) is 0 Å². The molecule has 3 heterocycles. The van der Waals surface area contributed by atoms with Gasteiger partial charge in [-0.2, -0.15) is 0 Å². The van der Waals surface area contributed by atoms with Crippen LogP contribution in [0.15, 0.2) is 41.1 Å². The zero-order chi connectivity index (χ0) is 19.3. The molecule has 0 atom stereocenters. The van der Waals surface area contributed by atoms with Crippen LogP contribution in [-0.2, 0) is 17.6 Å². The number of hydrogen-bond acceptors (Lipinski definition) is 7. The fraction of sp³-hybridized carbons (Fsp3) is 0.211. The van der Waals surface area contributed by atoms with Gasteiger partial charge in [-0.25, -0.2) is 4.98 Å². The van der Waals surface area contributed by atoms with E-state index in [1.165, 1.54) is 16.2 Å². The van der Waals surface area contributed by atoms with E-state index in [-0.39, 0.29) is 25.0 Å². The lowest BCUT2D eigenvalue weighted by atomic mass is 10.2. The maximum Gasteiger partial charge on any atom is 0.257 e. The number of carbonyl (C=O) groups excluding carboxylic acids is 2. The van der Waals surface area contributed by atoms with Crippen molar-refractivity contribution < 1.29 is 19.1 Å². The predicted molar refractivity (Wildman–Crippen MR) is 107 cm³/mol. The van der Waals surface area contributed by atoms with Crippen molar-refractivity contribution in [3.8, 4) is 11.5 Å². The van der Waals surface area contributed by atoms with E-state index < -0.39 is 0 Å². The van der Waals surface area contributed by atoms with Gasteiger partial charge in [-0.1, -0.05) is 6.07 Å². The third-order valence-electron chi connectivity index (χ3n) is 4.02. The van der Waals surface area contributed by atoms with Gasteiger partial charge in [-0.3, -0.25) is 14.9 Å². The fourth-order valence-corrected chi connectivity index (χ4v) is 4.07. The Labute approximate surface area is 169 Å². The van der Waals surface area contributed by atoms with Gasteiger partial charge < -0.3 is 14.8 Å². The Kier molecular flexibility index (Phi) is 5.54. The number of benzene rings is 1.